The van der Waals surface area contributed by atoms with Gasteiger partial charge in [0.25, 0.3) is 5.56 Å². The molecule has 37 heavy (non-hydrogen) atoms. The van der Waals surface area contributed by atoms with Gasteiger partial charge in [-0.1, -0.05) is 30.7 Å². The van der Waals surface area contributed by atoms with Crippen LogP contribution in [-0.4, -0.2) is 58.5 Å². The van der Waals surface area contributed by atoms with Crippen LogP contribution in [0.4, 0.5) is 0 Å². The maximum Gasteiger partial charge on any atom is 0.262 e. The van der Waals surface area contributed by atoms with E-state index < -0.39 is 5.60 Å². The van der Waals surface area contributed by atoms with Gasteiger partial charge in [0.1, 0.15) is 11.5 Å². The fourth-order valence-electron chi connectivity index (χ4n) is 5.29. The highest BCUT2D eigenvalue weighted by atomic mass is 35.5. The molecule has 0 bridgehead atoms. The van der Waals surface area contributed by atoms with E-state index in [1.807, 2.05) is 49.2 Å². The van der Waals surface area contributed by atoms with Gasteiger partial charge >= 0.3 is 0 Å². The Morgan fingerprint density at radius 1 is 1.14 bits per heavy atom. The minimum absolute atomic E-state index is 0.118. The molecule has 1 saturated heterocycles. The molecule has 1 aromatic carbocycles. The summed E-state index contributed by atoms with van der Waals surface area (Å²) in [6.07, 6.45) is 5.92. The third kappa shape index (κ3) is 4.16. The smallest absolute Gasteiger partial charge is 0.262 e. The first-order chi connectivity index (χ1) is 17.7. The zero-order valence-corrected chi connectivity index (χ0v) is 21.6. The van der Waals surface area contributed by atoms with Crippen LogP contribution in [0.25, 0.3) is 28.0 Å². The summed E-state index contributed by atoms with van der Waals surface area (Å²) in [5.41, 5.74) is 1.60. The summed E-state index contributed by atoms with van der Waals surface area (Å²) in [6.45, 7) is 3.10. The van der Waals surface area contributed by atoms with Crippen molar-refractivity contribution in [1.29, 1.82) is 0 Å². The van der Waals surface area contributed by atoms with E-state index in [0.29, 0.717) is 42.1 Å². The van der Waals surface area contributed by atoms with Gasteiger partial charge in [-0.05, 0) is 49.9 Å². The Kier molecular flexibility index (Phi) is 5.54. The van der Waals surface area contributed by atoms with Crippen molar-refractivity contribution in [3.8, 4) is 16.9 Å². The summed E-state index contributed by atoms with van der Waals surface area (Å²) in [7, 11) is 1.88. The lowest BCUT2D eigenvalue weighted by Crippen LogP contribution is -2.51. The van der Waals surface area contributed by atoms with Crippen LogP contribution in [-0.2, 0) is 18.4 Å². The van der Waals surface area contributed by atoms with Gasteiger partial charge in [-0.25, -0.2) is 4.98 Å². The van der Waals surface area contributed by atoms with E-state index in [-0.39, 0.29) is 23.4 Å². The number of rotatable bonds is 5. The molecule has 4 heterocycles. The van der Waals surface area contributed by atoms with Crippen LogP contribution in [0.1, 0.15) is 32.6 Å². The standard InChI is InChI=1S/C27H29ClN6O3/c1-26(7-8-26)25(36)32-12-9-27(37,10-13-32)16-33-17-29-23-20(24(33)35)15-22(28)34(23)19-5-3-4-18(14-19)21-6-11-30-31(21)2/h3-6,11,14-15,17,37H,7-10,12-13,16H2,1-2H3. The number of hydrogen-bond donors (Lipinski definition) is 1. The van der Waals surface area contributed by atoms with E-state index in [9.17, 15) is 14.7 Å². The molecule has 9 nitrogen and oxygen atoms in total. The molecule has 10 heteroatoms. The molecule has 0 radical (unpaired) electrons. The normalized spacial score (nSPS) is 18.3. The number of likely N-dealkylation sites (tertiary alicyclic amines) is 1. The Hall–Kier alpha value is -3.43. The molecule has 4 aromatic rings. The zero-order chi connectivity index (χ0) is 25.9. The number of aliphatic hydroxyl groups is 1. The van der Waals surface area contributed by atoms with Crippen molar-refractivity contribution in [2.45, 2.75) is 44.8 Å². The highest BCUT2D eigenvalue weighted by Crippen LogP contribution is 2.47. The molecular weight excluding hydrogens is 492 g/mol. The third-order valence-electron chi connectivity index (χ3n) is 7.92. The number of carbonyl (C=O) groups is 1. The maximum absolute atomic E-state index is 13.4. The second-order valence-corrected chi connectivity index (χ2v) is 11.1. The second-order valence-electron chi connectivity index (χ2n) is 10.7. The molecule has 6 rings (SSSR count). The van der Waals surface area contributed by atoms with Crippen molar-refractivity contribution >= 4 is 28.5 Å². The largest absolute Gasteiger partial charge is 0.388 e. The van der Waals surface area contributed by atoms with Gasteiger partial charge in [0.15, 0.2) is 5.65 Å². The van der Waals surface area contributed by atoms with Crippen molar-refractivity contribution in [3.63, 3.8) is 0 Å². The van der Waals surface area contributed by atoms with Crippen molar-refractivity contribution < 1.29 is 9.90 Å². The number of halogens is 1. The lowest BCUT2D eigenvalue weighted by Gasteiger charge is -2.39. The predicted molar refractivity (Wildman–Crippen MR) is 141 cm³/mol. The van der Waals surface area contributed by atoms with E-state index in [1.165, 1.54) is 10.9 Å². The molecule has 1 saturated carbocycles. The topological polar surface area (TPSA) is 98.2 Å². The Morgan fingerprint density at radius 2 is 1.89 bits per heavy atom. The summed E-state index contributed by atoms with van der Waals surface area (Å²) < 4.78 is 5.00. The zero-order valence-electron chi connectivity index (χ0n) is 20.9. The molecule has 192 valence electrons. The SMILES string of the molecule is Cn1nccc1-c1cccc(-n2c(Cl)cc3c(=O)n(CC4(O)CCN(C(=O)C5(C)CC5)CC4)cnc32)c1. The average Bonchev–Trinajstić information content (AvgIpc) is 3.33. The van der Waals surface area contributed by atoms with Crippen LogP contribution in [0.2, 0.25) is 5.15 Å². The Labute approximate surface area is 218 Å². The van der Waals surface area contributed by atoms with Crippen LogP contribution in [0, 0.1) is 5.41 Å². The number of aryl methyl sites for hydroxylation is 1. The number of amides is 1. The van der Waals surface area contributed by atoms with Crippen LogP contribution in [0.15, 0.2) is 53.7 Å². The number of nitrogens with zero attached hydrogens (tertiary/aromatic N) is 6. The van der Waals surface area contributed by atoms with Gasteiger partial charge in [-0.3, -0.25) is 23.4 Å². The van der Waals surface area contributed by atoms with E-state index >= 15 is 0 Å². The molecule has 0 atom stereocenters. The molecule has 2 fully saturated rings. The Morgan fingerprint density at radius 3 is 2.57 bits per heavy atom. The highest BCUT2D eigenvalue weighted by molar-refractivity contribution is 6.31. The number of aromatic nitrogens is 5. The minimum atomic E-state index is -1.08. The molecule has 1 aliphatic heterocycles. The number of fused-ring (bicyclic) bond motifs is 1. The van der Waals surface area contributed by atoms with E-state index in [1.54, 1.807) is 21.5 Å². The minimum Gasteiger partial charge on any atom is -0.388 e. The second kappa shape index (κ2) is 8.56. The van der Waals surface area contributed by atoms with Crippen molar-refractivity contribution in [2.75, 3.05) is 13.1 Å². The fourth-order valence-corrected chi connectivity index (χ4v) is 5.58. The molecule has 0 spiro atoms. The van der Waals surface area contributed by atoms with Crippen molar-refractivity contribution in [1.82, 2.24) is 28.8 Å². The lowest BCUT2D eigenvalue weighted by molar-refractivity contribution is -0.141. The van der Waals surface area contributed by atoms with Crippen LogP contribution < -0.4 is 5.56 Å². The monoisotopic (exact) mass is 520 g/mol. The number of carbonyl (C=O) groups excluding carboxylic acids is 1. The first kappa shape index (κ1) is 23.9. The van der Waals surface area contributed by atoms with Gasteiger partial charge in [0.05, 0.1) is 23.2 Å². The quantitative estimate of drug-likeness (QED) is 0.435. The van der Waals surface area contributed by atoms with Gasteiger partial charge in [0, 0.05) is 43.0 Å². The molecular formula is C27H29ClN6O3. The van der Waals surface area contributed by atoms with Gasteiger partial charge in [-0.15, -0.1) is 0 Å². The van der Waals surface area contributed by atoms with Crippen LogP contribution in [0.3, 0.4) is 0 Å². The summed E-state index contributed by atoms with van der Waals surface area (Å²) in [5.74, 6) is 0.179. The van der Waals surface area contributed by atoms with Gasteiger partial charge in [-0.2, -0.15) is 5.10 Å². The molecule has 1 N–H and O–H groups in total. The predicted octanol–water partition coefficient (Wildman–Crippen LogP) is 3.39. The van der Waals surface area contributed by atoms with Gasteiger partial charge < -0.3 is 10.0 Å². The fraction of sp³-hybridized carbons (Fsp3) is 0.407. The van der Waals surface area contributed by atoms with Crippen LogP contribution >= 0.6 is 11.6 Å². The Bertz CT molecular complexity index is 1570. The van der Waals surface area contributed by atoms with Crippen LogP contribution in [0.5, 0.6) is 0 Å². The maximum atomic E-state index is 13.4. The summed E-state index contributed by atoms with van der Waals surface area (Å²) in [6, 6.07) is 11.4. The number of hydrogen-bond acceptors (Lipinski definition) is 5. The van der Waals surface area contributed by atoms with E-state index in [0.717, 1.165) is 29.8 Å². The average molecular weight is 521 g/mol. The van der Waals surface area contributed by atoms with E-state index in [2.05, 4.69) is 10.1 Å². The molecule has 2 aliphatic rings. The Balaban J connectivity index is 1.27. The van der Waals surface area contributed by atoms with E-state index in [4.69, 9.17) is 11.6 Å². The molecule has 1 aliphatic carbocycles. The third-order valence-corrected chi connectivity index (χ3v) is 8.20. The first-order valence-corrected chi connectivity index (χ1v) is 12.9. The number of piperidine rings is 1. The van der Waals surface area contributed by atoms with Crippen molar-refractivity contribution in [2.24, 2.45) is 12.5 Å². The molecule has 1 amide bonds. The number of benzene rings is 1. The first-order valence-electron chi connectivity index (χ1n) is 12.5. The summed E-state index contributed by atoms with van der Waals surface area (Å²) >= 11 is 6.61. The van der Waals surface area contributed by atoms with Crippen molar-refractivity contribution in [3.05, 3.63) is 64.4 Å². The highest BCUT2D eigenvalue weighted by Gasteiger charge is 2.48. The summed E-state index contributed by atoms with van der Waals surface area (Å²) in [4.78, 5) is 32.5. The van der Waals surface area contributed by atoms with Gasteiger partial charge in [0.2, 0.25) is 5.91 Å². The molecule has 3 aromatic heterocycles. The summed E-state index contributed by atoms with van der Waals surface area (Å²) in [5, 5.41) is 16.3. The molecule has 0 unspecified atom stereocenters. The lowest BCUT2D eigenvalue weighted by atomic mass is 9.90.